The Morgan fingerprint density at radius 2 is 1.74 bits per heavy atom. The van der Waals surface area contributed by atoms with Crippen molar-refractivity contribution < 1.29 is 14.3 Å². The first-order chi connectivity index (χ1) is 13.1. The smallest absolute Gasteiger partial charge is 0.255 e. The molecule has 0 bridgehead atoms. The fourth-order valence-electron chi connectivity index (χ4n) is 3.94. The lowest BCUT2D eigenvalue weighted by atomic mass is 9.92. The Kier molecular flexibility index (Phi) is 4.66. The Bertz CT molecular complexity index is 844. The molecule has 0 aromatic heterocycles. The zero-order chi connectivity index (χ0) is 18.9. The Balaban J connectivity index is 1.42. The molecular weight excluding hydrogens is 342 g/mol. The third-order valence-corrected chi connectivity index (χ3v) is 5.46. The topological polar surface area (TPSA) is 62.8 Å². The highest BCUT2D eigenvalue weighted by Crippen LogP contribution is 2.32. The second-order valence-electron chi connectivity index (χ2n) is 7.17. The first-order valence-electron chi connectivity index (χ1n) is 9.25. The Morgan fingerprint density at radius 3 is 2.48 bits per heavy atom. The van der Waals surface area contributed by atoms with Crippen LogP contribution >= 0.6 is 0 Å². The summed E-state index contributed by atoms with van der Waals surface area (Å²) in [5.41, 5.74) is 2.49. The van der Waals surface area contributed by atoms with Crippen molar-refractivity contribution >= 4 is 11.6 Å². The average molecular weight is 367 g/mol. The SMILES string of the molecule is COc1ccc(CN2CCC3(CC2)NC(=O)c2ccccc2N3)cc1OC. The number of benzene rings is 2. The maximum absolute atomic E-state index is 12.5. The Hall–Kier alpha value is -2.73. The van der Waals surface area contributed by atoms with Gasteiger partial charge in [0.1, 0.15) is 5.66 Å². The van der Waals surface area contributed by atoms with Gasteiger partial charge in [0, 0.05) is 38.2 Å². The molecule has 2 N–H and O–H groups in total. The van der Waals surface area contributed by atoms with Gasteiger partial charge >= 0.3 is 0 Å². The minimum Gasteiger partial charge on any atom is -0.493 e. The van der Waals surface area contributed by atoms with Crippen LogP contribution < -0.4 is 20.1 Å². The van der Waals surface area contributed by atoms with Crippen molar-refractivity contribution in [2.75, 3.05) is 32.6 Å². The van der Waals surface area contributed by atoms with Crippen LogP contribution in [0.15, 0.2) is 42.5 Å². The lowest BCUT2D eigenvalue weighted by Gasteiger charge is -2.46. The van der Waals surface area contributed by atoms with Crippen LogP contribution in [0.3, 0.4) is 0 Å². The molecule has 2 aliphatic rings. The Labute approximate surface area is 159 Å². The largest absolute Gasteiger partial charge is 0.493 e. The van der Waals surface area contributed by atoms with Crippen LogP contribution in [0.2, 0.25) is 0 Å². The van der Waals surface area contributed by atoms with Crippen LogP contribution in [-0.4, -0.2) is 43.8 Å². The number of methoxy groups -OCH3 is 2. The summed E-state index contributed by atoms with van der Waals surface area (Å²) in [6.07, 6.45) is 1.72. The molecule has 2 heterocycles. The average Bonchev–Trinajstić information content (AvgIpc) is 2.70. The molecule has 1 fully saturated rings. The molecule has 0 aliphatic carbocycles. The van der Waals surface area contributed by atoms with Crippen LogP contribution in [0.1, 0.15) is 28.8 Å². The van der Waals surface area contributed by atoms with E-state index in [9.17, 15) is 4.79 Å². The number of nitrogens with one attached hydrogen (secondary N) is 2. The van der Waals surface area contributed by atoms with Crippen molar-refractivity contribution in [1.82, 2.24) is 10.2 Å². The van der Waals surface area contributed by atoms with E-state index in [4.69, 9.17) is 9.47 Å². The van der Waals surface area contributed by atoms with Crippen molar-refractivity contribution in [3.05, 3.63) is 53.6 Å². The minimum atomic E-state index is -0.348. The third kappa shape index (κ3) is 3.45. The summed E-state index contributed by atoms with van der Waals surface area (Å²) in [5.74, 6) is 1.51. The monoisotopic (exact) mass is 367 g/mol. The number of carbonyl (C=O) groups excluding carboxylic acids is 1. The first-order valence-corrected chi connectivity index (χ1v) is 9.25. The summed E-state index contributed by atoms with van der Waals surface area (Å²) in [6.45, 7) is 2.66. The molecule has 6 nitrogen and oxygen atoms in total. The number of hydrogen-bond acceptors (Lipinski definition) is 5. The molecule has 6 heteroatoms. The standard InChI is InChI=1S/C21H25N3O3/c1-26-18-8-7-15(13-19(18)27-2)14-24-11-9-21(10-12-24)22-17-6-4-3-5-16(17)20(25)23-21/h3-8,13,22H,9-12,14H2,1-2H3,(H,23,25). The summed E-state index contributed by atoms with van der Waals surface area (Å²) in [4.78, 5) is 14.9. The number of amides is 1. The number of carbonyl (C=O) groups is 1. The van der Waals surface area contributed by atoms with Crippen molar-refractivity contribution in [1.29, 1.82) is 0 Å². The highest BCUT2D eigenvalue weighted by atomic mass is 16.5. The fourth-order valence-corrected chi connectivity index (χ4v) is 3.94. The molecule has 0 atom stereocenters. The van der Waals surface area contributed by atoms with Crippen molar-refractivity contribution in [3.63, 3.8) is 0 Å². The predicted molar refractivity (Wildman–Crippen MR) is 104 cm³/mol. The first kappa shape index (κ1) is 17.7. The van der Waals surface area contributed by atoms with E-state index in [2.05, 4.69) is 21.6 Å². The van der Waals surface area contributed by atoms with E-state index >= 15 is 0 Å². The Morgan fingerprint density at radius 1 is 1.00 bits per heavy atom. The number of rotatable bonds is 4. The van der Waals surface area contributed by atoms with Gasteiger partial charge in [-0.05, 0) is 29.8 Å². The number of nitrogens with zero attached hydrogens (tertiary/aromatic N) is 1. The van der Waals surface area contributed by atoms with E-state index in [0.29, 0.717) is 0 Å². The van der Waals surface area contributed by atoms with Crippen LogP contribution in [0, 0.1) is 0 Å². The maximum Gasteiger partial charge on any atom is 0.255 e. The summed E-state index contributed by atoms with van der Waals surface area (Å²) in [5, 5.41) is 6.76. The van der Waals surface area contributed by atoms with Gasteiger partial charge in [-0.25, -0.2) is 0 Å². The van der Waals surface area contributed by atoms with Gasteiger partial charge in [0.15, 0.2) is 11.5 Å². The quantitative estimate of drug-likeness (QED) is 0.870. The zero-order valence-electron chi connectivity index (χ0n) is 15.7. The van der Waals surface area contributed by atoms with Gasteiger partial charge in [-0.1, -0.05) is 18.2 Å². The van der Waals surface area contributed by atoms with E-state index in [1.54, 1.807) is 14.2 Å². The summed E-state index contributed by atoms with van der Waals surface area (Å²) in [7, 11) is 3.30. The highest BCUT2D eigenvalue weighted by molar-refractivity contribution is 6.02. The molecule has 4 rings (SSSR count). The molecule has 1 spiro atoms. The molecule has 142 valence electrons. The number of ether oxygens (including phenoxy) is 2. The van der Waals surface area contributed by atoms with Crippen LogP contribution in [0.4, 0.5) is 5.69 Å². The molecule has 0 radical (unpaired) electrons. The fraction of sp³-hybridized carbons (Fsp3) is 0.381. The minimum absolute atomic E-state index is 0.0118. The molecule has 1 amide bonds. The van der Waals surface area contributed by atoms with Crippen molar-refractivity contribution in [2.24, 2.45) is 0 Å². The van der Waals surface area contributed by atoms with Crippen LogP contribution in [-0.2, 0) is 6.54 Å². The molecular formula is C21H25N3O3. The third-order valence-electron chi connectivity index (χ3n) is 5.46. The number of anilines is 1. The van der Waals surface area contributed by atoms with Gasteiger partial charge < -0.3 is 20.1 Å². The molecule has 27 heavy (non-hydrogen) atoms. The summed E-state index contributed by atoms with van der Waals surface area (Å²) in [6, 6.07) is 13.7. The van der Waals surface area contributed by atoms with Crippen LogP contribution in [0.25, 0.3) is 0 Å². The number of hydrogen-bond donors (Lipinski definition) is 2. The number of fused-ring (bicyclic) bond motifs is 1. The van der Waals surface area contributed by atoms with E-state index in [0.717, 1.165) is 55.2 Å². The highest BCUT2D eigenvalue weighted by Gasteiger charge is 2.39. The van der Waals surface area contributed by atoms with E-state index in [-0.39, 0.29) is 11.6 Å². The molecule has 0 saturated carbocycles. The van der Waals surface area contributed by atoms with Gasteiger partial charge in [-0.3, -0.25) is 9.69 Å². The van der Waals surface area contributed by atoms with E-state index < -0.39 is 0 Å². The lowest BCUT2D eigenvalue weighted by Crippen LogP contribution is -2.62. The molecule has 2 aromatic rings. The van der Waals surface area contributed by atoms with Crippen molar-refractivity contribution in [3.8, 4) is 11.5 Å². The lowest BCUT2D eigenvalue weighted by molar-refractivity contribution is 0.0822. The molecule has 0 unspecified atom stereocenters. The zero-order valence-corrected chi connectivity index (χ0v) is 15.7. The summed E-state index contributed by atoms with van der Waals surface area (Å²) >= 11 is 0. The van der Waals surface area contributed by atoms with E-state index in [1.165, 1.54) is 5.56 Å². The maximum atomic E-state index is 12.5. The number of piperidine rings is 1. The van der Waals surface area contributed by atoms with Gasteiger partial charge in [-0.15, -0.1) is 0 Å². The normalized spacial score (nSPS) is 18.4. The van der Waals surface area contributed by atoms with E-state index in [1.807, 2.05) is 36.4 Å². The predicted octanol–water partition coefficient (Wildman–Crippen LogP) is 2.85. The number of para-hydroxylation sites is 1. The van der Waals surface area contributed by atoms with Gasteiger partial charge in [0.2, 0.25) is 0 Å². The van der Waals surface area contributed by atoms with Gasteiger partial charge in [0.05, 0.1) is 19.8 Å². The molecule has 2 aromatic carbocycles. The number of likely N-dealkylation sites (tertiary alicyclic amines) is 1. The van der Waals surface area contributed by atoms with Crippen LogP contribution in [0.5, 0.6) is 11.5 Å². The molecule has 1 saturated heterocycles. The van der Waals surface area contributed by atoms with Gasteiger partial charge in [0.25, 0.3) is 5.91 Å². The molecule has 2 aliphatic heterocycles. The second kappa shape index (κ2) is 7.12. The van der Waals surface area contributed by atoms with Gasteiger partial charge in [-0.2, -0.15) is 0 Å². The van der Waals surface area contributed by atoms with Crippen molar-refractivity contribution in [2.45, 2.75) is 25.0 Å². The second-order valence-corrected chi connectivity index (χ2v) is 7.17. The summed E-state index contributed by atoms with van der Waals surface area (Å²) < 4.78 is 10.7.